The molecule has 0 aliphatic carbocycles. The fourth-order valence-corrected chi connectivity index (χ4v) is 2.53. The van der Waals surface area contributed by atoms with Crippen LogP contribution in [0.4, 0.5) is 11.4 Å². The first-order chi connectivity index (χ1) is 12.4. The van der Waals surface area contributed by atoms with Gasteiger partial charge in [0.1, 0.15) is 6.54 Å². The van der Waals surface area contributed by atoms with Gasteiger partial charge in [-0.3, -0.25) is 19.0 Å². The van der Waals surface area contributed by atoms with Crippen LogP contribution in [0.15, 0.2) is 58.1 Å². The second kappa shape index (κ2) is 7.06. The number of aromatic nitrogens is 2. The van der Waals surface area contributed by atoms with Crippen molar-refractivity contribution in [3.63, 3.8) is 0 Å². The lowest BCUT2D eigenvalue weighted by Crippen LogP contribution is -2.38. The van der Waals surface area contributed by atoms with Gasteiger partial charge in [0.05, 0.1) is 10.9 Å². The van der Waals surface area contributed by atoms with Gasteiger partial charge in [-0.25, -0.2) is 4.79 Å². The summed E-state index contributed by atoms with van der Waals surface area (Å²) in [5.74, 6) is -0.711. The monoisotopic (exact) mass is 352 g/mol. The molecule has 0 saturated heterocycles. The Morgan fingerprint density at radius 2 is 1.58 bits per heavy atom. The van der Waals surface area contributed by atoms with E-state index in [2.05, 4.69) is 15.6 Å². The van der Waals surface area contributed by atoms with Gasteiger partial charge in [0.2, 0.25) is 11.8 Å². The molecule has 0 spiro atoms. The molecule has 0 saturated carbocycles. The highest BCUT2D eigenvalue weighted by molar-refractivity contribution is 5.92. The molecule has 0 fully saturated rings. The lowest BCUT2D eigenvalue weighted by molar-refractivity contribution is -0.117. The zero-order valence-electron chi connectivity index (χ0n) is 13.9. The van der Waals surface area contributed by atoms with Crippen LogP contribution in [0.2, 0.25) is 0 Å². The van der Waals surface area contributed by atoms with Gasteiger partial charge in [0, 0.05) is 18.3 Å². The molecule has 0 radical (unpaired) electrons. The normalized spacial score (nSPS) is 10.5. The second-order valence-corrected chi connectivity index (χ2v) is 5.67. The Bertz CT molecular complexity index is 1100. The third-order valence-electron chi connectivity index (χ3n) is 3.68. The van der Waals surface area contributed by atoms with Crippen molar-refractivity contribution in [2.24, 2.45) is 0 Å². The summed E-state index contributed by atoms with van der Waals surface area (Å²) in [5, 5.41) is 5.56. The van der Waals surface area contributed by atoms with Crippen molar-refractivity contribution in [3.05, 3.63) is 69.4 Å². The lowest BCUT2D eigenvalue weighted by Gasteiger charge is -2.09. The summed E-state index contributed by atoms with van der Waals surface area (Å²) in [6, 6.07) is 13.1. The molecule has 0 unspecified atom stereocenters. The van der Waals surface area contributed by atoms with Crippen LogP contribution >= 0.6 is 0 Å². The SMILES string of the molecule is CC(=O)Nc1ccc(NC(=O)Cn2c(=O)[nH]c3ccccc3c2=O)cc1. The third-order valence-corrected chi connectivity index (χ3v) is 3.68. The predicted molar refractivity (Wildman–Crippen MR) is 98.2 cm³/mol. The van der Waals surface area contributed by atoms with Gasteiger partial charge in [-0.2, -0.15) is 0 Å². The summed E-state index contributed by atoms with van der Waals surface area (Å²) in [4.78, 5) is 50.2. The lowest BCUT2D eigenvalue weighted by atomic mass is 10.2. The molecule has 8 nitrogen and oxygen atoms in total. The number of rotatable bonds is 4. The van der Waals surface area contributed by atoms with Gasteiger partial charge in [-0.15, -0.1) is 0 Å². The first-order valence-corrected chi connectivity index (χ1v) is 7.83. The van der Waals surface area contributed by atoms with E-state index in [4.69, 9.17) is 0 Å². The topological polar surface area (TPSA) is 113 Å². The fraction of sp³-hybridized carbons (Fsp3) is 0.111. The number of carbonyl (C=O) groups excluding carboxylic acids is 2. The third kappa shape index (κ3) is 3.69. The van der Waals surface area contributed by atoms with Gasteiger partial charge in [0.15, 0.2) is 0 Å². The maximum absolute atomic E-state index is 12.4. The predicted octanol–water partition coefficient (Wildman–Crippen LogP) is 1.29. The molecule has 132 valence electrons. The van der Waals surface area contributed by atoms with E-state index >= 15 is 0 Å². The number of H-pyrrole nitrogens is 1. The van der Waals surface area contributed by atoms with Crippen LogP contribution in [0.1, 0.15) is 6.92 Å². The van der Waals surface area contributed by atoms with Gasteiger partial charge in [0.25, 0.3) is 5.56 Å². The molecule has 2 amide bonds. The first kappa shape index (κ1) is 17.2. The van der Waals surface area contributed by atoms with Crippen molar-refractivity contribution in [2.45, 2.75) is 13.5 Å². The molecule has 3 N–H and O–H groups in total. The van der Waals surface area contributed by atoms with Crippen molar-refractivity contribution in [2.75, 3.05) is 10.6 Å². The number of hydrogen-bond donors (Lipinski definition) is 3. The van der Waals surface area contributed by atoms with Crippen molar-refractivity contribution in [1.82, 2.24) is 9.55 Å². The van der Waals surface area contributed by atoms with Crippen LogP contribution in [0.3, 0.4) is 0 Å². The minimum atomic E-state index is -0.648. The zero-order chi connectivity index (χ0) is 18.7. The first-order valence-electron chi connectivity index (χ1n) is 7.83. The highest BCUT2D eigenvalue weighted by Gasteiger charge is 2.11. The number of nitrogens with one attached hydrogen (secondary N) is 3. The number of fused-ring (bicyclic) bond motifs is 1. The van der Waals surface area contributed by atoms with Crippen LogP contribution in [0.5, 0.6) is 0 Å². The Morgan fingerprint density at radius 3 is 2.23 bits per heavy atom. The molecular formula is C18H16N4O4. The molecule has 8 heteroatoms. The molecule has 0 aliphatic heterocycles. The molecular weight excluding hydrogens is 336 g/mol. The van der Waals surface area contributed by atoms with E-state index in [0.717, 1.165) is 4.57 Å². The molecule has 1 aromatic heterocycles. The number of para-hydroxylation sites is 1. The number of anilines is 2. The van der Waals surface area contributed by atoms with Crippen molar-refractivity contribution < 1.29 is 9.59 Å². The molecule has 0 atom stereocenters. The summed E-state index contributed by atoms with van der Waals surface area (Å²) in [6.07, 6.45) is 0. The summed E-state index contributed by atoms with van der Waals surface area (Å²) in [7, 11) is 0. The van der Waals surface area contributed by atoms with E-state index in [1.54, 1.807) is 48.5 Å². The Kier molecular flexibility index (Phi) is 4.66. The van der Waals surface area contributed by atoms with Crippen molar-refractivity contribution >= 4 is 34.1 Å². The highest BCUT2D eigenvalue weighted by atomic mass is 16.2. The van der Waals surface area contributed by atoms with Crippen LogP contribution in [0, 0.1) is 0 Å². The van der Waals surface area contributed by atoms with E-state index in [1.165, 1.54) is 6.92 Å². The van der Waals surface area contributed by atoms with Crippen LogP contribution in [-0.2, 0) is 16.1 Å². The summed E-state index contributed by atoms with van der Waals surface area (Å²) in [6.45, 7) is 0.987. The summed E-state index contributed by atoms with van der Waals surface area (Å²) in [5.41, 5.74) is 0.324. The fourth-order valence-electron chi connectivity index (χ4n) is 2.53. The Balaban J connectivity index is 1.78. The molecule has 1 heterocycles. The number of nitrogens with zero attached hydrogens (tertiary/aromatic N) is 1. The van der Waals surface area contributed by atoms with Crippen LogP contribution in [0.25, 0.3) is 10.9 Å². The minimum Gasteiger partial charge on any atom is -0.326 e. The smallest absolute Gasteiger partial charge is 0.326 e. The van der Waals surface area contributed by atoms with E-state index in [1.807, 2.05) is 0 Å². The average Bonchev–Trinajstić information content (AvgIpc) is 2.60. The number of carbonyl (C=O) groups is 2. The van der Waals surface area contributed by atoms with Gasteiger partial charge in [-0.05, 0) is 36.4 Å². The van der Waals surface area contributed by atoms with Crippen molar-refractivity contribution in [1.29, 1.82) is 0 Å². The second-order valence-electron chi connectivity index (χ2n) is 5.67. The van der Waals surface area contributed by atoms with Gasteiger partial charge in [-0.1, -0.05) is 12.1 Å². The average molecular weight is 352 g/mol. The Labute approximate surface area is 147 Å². The number of hydrogen-bond acceptors (Lipinski definition) is 4. The number of benzene rings is 2. The summed E-state index contributed by atoms with van der Waals surface area (Å²) < 4.78 is 0.851. The van der Waals surface area contributed by atoms with Gasteiger partial charge >= 0.3 is 5.69 Å². The van der Waals surface area contributed by atoms with Crippen LogP contribution < -0.4 is 21.9 Å². The zero-order valence-corrected chi connectivity index (χ0v) is 13.9. The molecule has 0 bridgehead atoms. The number of aromatic amines is 1. The largest absolute Gasteiger partial charge is 0.329 e. The number of amides is 2. The van der Waals surface area contributed by atoms with Crippen LogP contribution in [-0.4, -0.2) is 21.4 Å². The molecule has 2 aromatic carbocycles. The molecule has 0 aliphatic rings. The summed E-state index contributed by atoms with van der Waals surface area (Å²) >= 11 is 0. The minimum absolute atomic E-state index is 0.198. The van der Waals surface area contributed by atoms with Crippen molar-refractivity contribution in [3.8, 4) is 0 Å². The van der Waals surface area contributed by atoms with E-state index in [0.29, 0.717) is 22.3 Å². The molecule has 3 rings (SSSR count). The Morgan fingerprint density at radius 1 is 0.962 bits per heavy atom. The maximum atomic E-state index is 12.4. The molecule has 26 heavy (non-hydrogen) atoms. The van der Waals surface area contributed by atoms with E-state index in [9.17, 15) is 19.2 Å². The molecule has 3 aromatic rings. The van der Waals surface area contributed by atoms with Gasteiger partial charge < -0.3 is 15.6 Å². The standard InChI is InChI=1S/C18H16N4O4/c1-11(23)19-12-6-8-13(9-7-12)20-16(24)10-22-17(25)14-4-2-3-5-15(14)21-18(22)26/h2-9H,10H2,1H3,(H,19,23)(H,20,24)(H,21,26). The van der Waals surface area contributed by atoms with E-state index in [-0.39, 0.29) is 5.91 Å². The maximum Gasteiger partial charge on any atom is 0.329 e. The van der Waals surface area contributed by atoms with E-state index < -0.39 is 23.7 Å². The highest BCUT2D eigenvalue weighted by Crippen LogP contribution is 2.13. The Hall–Kier alpha value is -3.68. The quantitative estimate of drug-likeness (QED) is 0.656.